The van der Waals surface area contributed by atoms with Crippen LogP contribution in [-0.2, 0) is 4.79 Å². The second kappa shape index (κ2) is 4.97. The number of allylic oxidation sites excluding steroid dienone is 3. The number of hydrogen-bond donors (Lipinski definition) is 1. The third-order valence-corrected chi connectivity index (χ3v) is 2.48. The number of ketones is 1. The molecular weight excluding hydrogens is 164 g/mol. The van der Waals surface area contributed by atoms with Gasteiger partial charge in [-0.3, -0.25) is 4.79 Å². The average Bonchev–Trinajstić information content (AvgIpc) is 2.16. The van der Waals surface area contributed by atoms with Crippen molar-refractivity contribution in [3.05, 3.63) is 24.3 Å². The van der Waals surface area contributed by atoms with Crippen molar-refractivity contribution in [3.63, 3.8) is 0 Å². The van der Waals surface area contributed by atoms with E-state index < -0.39 is 0 Å². The van der Waals surface area contributed by atoms with Crippen LogP contribution >= 0.6 is 0 Å². The van der Waals surface area contributed by atoms with E-state index in [9.17, 15) is 4.79 Å². The van der Waals surface area contributed by atoms with E-state index in [1.807, 2.05) is 0 Å². The Bertz CT molecular complexity index is 228. The fourth-order valence-electron chi connectivity index (χ4n) is 1.73. The molecule has 72 valence electrons. The Labute approximate surface area is 79.0 Å². The van der Waals surface area contributed by atoms with E-state index in [0.29, 0.717) is 12.3 Å². The highest BCUT2D eigenvalue weighted by molar-refractivity contribution is 5.91. The first kappa shape index (κ1) is 10.2. The molecule has 1 aliphatic carbocycles. The van der Waals surface area contributed by atoms with Gasteiger partial charge in [-0.15, -0.1) is 0 Å². The second-order valence-corrected chi connectivity index (χ2v) is 3.42. The van der Waals surface area contributed by atoms with Crippen LogP contribution in [0.25, 0.3) is 0 Å². The molecule has 13 heavy (non-hydrogen) atoms. The first-order valence-electron chi connectivity index (χ1n) is 4.75. The van der Waals surface area contributed by atoms with Crippen molar-refractivity contribution in [1.29, 1.82) is 0 Å². The molecule has 1 atom stereocenters. The SMILES string of the molecule is C=CC1=CC(=O)CCC1CCCO. The summed E-state index contributed by atoms with van der Waals surface area (Å²) >= 11 is 0. The maximum atomic E-state index is 11.1. The third kappa shape index (κ3) is 2.81. The highest BCUT2D eigenvalue weighted by Gasteiger charge is 2.18. The van der Waals surface area contributed by atoms with E-state index in [2.05, 4.69) is 6.58 Å². The van der Waals surface area contributed by atoms with Crippen LogP contribution in [0.5, 0.6) is 0 Å². The molecule has 0 aromatic rings. The highest BCUT2D eigenvalue weighted by atomic mass is 16.2. The minimum atomic E-state index is 0.204. The van der Waals surface area contributed by atoms with E-state index >= 15 is 0 Å². The van der Waals surface area contributed by atoms with Crippen molar-refractivity contribution in [2.45, 2.75) is 25.7 Å². The maximum Gasteiger partial charge on any atom is 0.155 e. The minimum Gasteiger partial charge on any atom is -0.396 e. The zero-order valence-electron chi connectivity index (χ0n) is 7.83. The van der Waals surface area contributed by atoms with Gasteiger partial charge in [0.25, 0.3) is 0 Å². The fraction of sp³-hybridized carbons (Fsp3) is 0.545. The van der Waals surface area contributed by atoms with Crippen LogP contribution in [0.1, 0.15) is 25.7 Å². The lowest BCUT2D eigenvalue weighted by atomic mass is 9.84. The van der Waals surface area contributed by atoms with Gasteiger partial charge in [-0.1, -0.05) is 12.7 Å². The van der Waals surface area contributed by atoms with Crippen LogP contribution in [0.15, 0.2) is 24.3 Å². The molecule has 0 aromatic heterocycles. The Morgan fingerprint density at radius 1 is 1.69 bits per heavy atom. The van der Waals surface area contributed by atoms with Crippen LogP contribution in [0.3, 0.4) is 0 Å². The summed E-state index contributed by atoms with van der Waals surface area (Å²) in [5.74, 6) is 0.637. The molecular formula is C11H16O2. The number of hydrogen-bond acceptors (Lipinski definition) is 2. The Morgan fingerprint density at radius 2 is 2.46 bits per heavy atom. The minimum absolute atomic E-state index is 0.204. The number of rotatable bonds is 4. The topological polar surface area (TPSA) is 37.3 Å². The Hall–Kier alpha value is -0.890. The predicted molar refractivity (Wildman–Crippen MR) is 52.3 cm³/mol. The summed E-state index contributed by atoms with van der Waals surface area (Å²) in [5.41, 5.74) is 1.05. The lowest BCUT2D eigenvalue weighted by Crippen LogP contribution is -2.13. The van der Waals surface area contributed by atoms with E-state index in [1.165, 1.54) is 0 Å². The molecule has 0 spiro atoms. The van der Waals surface area contributed by atoms with Gasteiger partial charge in [0.15, 0.2) is 5.78 Å². The summed E-state index contributed by atoms with van der Waals surface area (Å²) in [4.78, 5) is 11.1. The maximum absolute atomic E-state index is 11.1. The van der Waals surface area contributed by atoms with Gasteiger partial charge in [0.05, 0.1) is 0 Å². The Morgan fingerprint density at radius 3 is 3.08 bits per heavy atom. The van der Waals surface area contributed by atoms with Crippen molar-refractivity contribution >= 4 is 5.78 Å². The smallest absolute Gasteiger partial charge is 0.155 e. The third-order valence-electron chi connectivity index (χ3n) is 2.48. The highest BCUT2D eigenvalue weighted by Crippen LogP contribution is 2.27. The quantitative estimate of drug-likeness (QED) is 0.717. The van der Waals surface area contributed by atoms with E-state index in [0.717, 1.165) is 24.8 Å². The van der Waals surface area contributed by atoms with Gasteiger partial charge in [0.1, 0.15) is 0 Å². The van der Waals surface area contributed by atoms with Gasteiger partial charge >= 0.3 is 0 Å². The molecule has 2 nitrogen and oxygen atoms in total. The fourth-order valence-corrected chi connectivity index (χ4v) is 1.73. The first-order valence-corrected chi connectivity index (χ1v) is 4.75. The summed E-state index contributed by atoms with van der Waals surface area (Å²) in [5, 5.41) is 8.70. The van der Waals surface area contributed by atoms with E-state index in [1.54, 1.807) is 12.2 Å². The summed E-state index contributed by atoms with van der Waals surface area (Å²) in [6, 6.07) is 0. The van der Waals surface area contributed by atoms with Crippen molar-refractivity contribution in [3.8, 4) is 0 Å². The van der Waals surface area contributed by atoms with E-state index in [-0.39, 0.29) is 12.4 Å². The van der Waals surface area contributed by atoms with Crippen LogP contribution in [-0.4, -0.2) is 17.5 Å². The molecule has 1 rings (SSSR count). The molecule has 0 saturated heterocycles. The molecule has 1 unspecified atom stereocenters. The summed E-state index contributed by atoms with van der Waals surface area (Å²) < 4.78 is 0. The van der Waals surface area contributed by atoms with Gasteiger partial charge in [-0.25, -0.2) is 0 Å². The Balaban J connectivity index is 2.58. The van der Waals surface area contributed by atoms with Gasteiger partial charge in [-0.05, 0) is 36.8 Å². The van der Waals surface area contributed by atoms with Gasteiger partial charge in [-0.2, -0.15) is 0 Å². The Kier molecular flexibility index (Phi) is 3.90. The van der Waals surface area contributed by atoms with Gasteiger partial charge in [0, 0.05) is 13.0 Å². The zero-order chi connectivity index (χ0) is 9.68. The van der Waals surface area contributed by atoms with Crippen molar-refractivity contribution < 1.29 is 9.90 Å². The van der Waals surface area contributed by atoms with Crippen LogP contribution in [0, 0.1) is 5.92 Å². The lowest BCUT2D eigenvalue weighted by molar-refractivity contribution is -0.115. The van der Waals surface area contributed by atoms with Gasteiger partial charge < -0.3 is 5.11 Å². The molecule has 1 aliphatic rings. The van der Waals surface area contributed by atoms with Crippen molar-refractivity contribution in [1.82, 2.24) is 0 Å². The summed E-state index contributed by atoms with van der Waals surface area (Å²) in [6.45, 7) is 3.93. The second-order valence-electron chi connectivity index (χ2n) is 3.42. The summed E-state index contributed by atoms with van der Waals surface area (Å²) in [6.07, 6.45) is 6.79. The monoisotopic (exact) mass is 180 g/mol. The van der Waals surface area contributed by atoms with Crippen molar-refractivity contribution in [2.75, 3.05) is 6.61 Å². The molecule has 0 saturated carbocycles. The molecule has 0 amide bonds. The number of aliphatic hydroxyl groups is 1. The van der Waals surface area contributed by atoms with Crippen LogP contribution in [0.2, 0.25) is 0 Å². The molecule has 0 fully saturated rings. The summed E-state index contributed by atoms with van der Waals surface area (Å²) in [7, 11) is 0. The predicted octanol–water partition coefficient (Wildman–Crippen LogP) is 1.85. The van der Waals surface area contributed by atoms with Crippen molar-refractivity contribution in [2.24, 2.45) is 5.92 Å². The molecule has 0 aromatic carbocycles. The molecule has 0 radical (unpaired) electrons. The number of carbonyl (C=O) groups is 1. The molecule has 0 bridgehead atoms. The number of carbonyl (C=O) groups excluding carboxylic acids is 1. The molecule has 0 heterocycles. The molecule has 1 N–H and O–H groups in total. The van der Waals surface area contributed by atoms with Crippen LogP contribution in [0.4, 0.5) is 0 Å². The first-order chi connectivity index (χ1) is 6.27. The van der Waals surface area contributed by atoms with E-state index in [4.69, 9.17) is 5.11 Å². The normalized spacial score (nSPS) is 22.7. The molecule has 2 heteroatoms. The van der Waals surface area contributed by atoms with Gasteiger partial charge in [0.2, 0.25) is 0 Å². The zero-order valence-corrected chi connectivity index (χ0v) is 7.83. The van der Waals surface area contributed by atoms with Crippen LogP contribution < -0.4 is 0 Å². The lowest BCUT2D eigenvalue weighted by Gasteiger charge is -2.20. The standard InChI is InChI=1S/C11H16O2/c1-2-9-8-11(13)6-5-10(9)4-3-7-12/h2,8,10,12H,1,3-7H2. The largest absolute Gasteiger partial charge is 0.396 e. The number of aliphatic hydroxyl groups excluding tert-OH is 1. The average molecular weight is 180 g/mol. The molecule has 0 aliphatic heterocycles.